The smallest absolute Gasteiger partial charge is 0.234 e. The first-order valence-electron chi connectivity index (χ1n) is 9.42. The maximum atomic E-state index is 12.4. The molecule has 0 fully saturated rings. The molecule has 0 aliphatic heterocycles. The zero-order valence-electron chi connectivity index (χ0n) is 17.2. The highest BCUT2D eigenvalue weighted by Crippen LogP contribution is 2.36. The van der Waals surface area contributed by atoms with Crippen LogP contribution in [0, 0.1) is 0 Å². The van der Waals surface area contributed by atoms with E-state index in [4.69, 9.17) is 9.47 Å². The van der Waals surface area contributed by atoms with Crippen LogP contribution in [0.2, 0.25) is 0 Å². The number of carbonyl (C=O) groups is 2. The average Bonchev–Trinajstić information content (AvgIpc) is 3.14. The number of thioether (sulfide) groups is 1. The molecule has 0 atom stereocenters. The van der Waals surface area contributed by atoms with Crippen LogP contribution in [0.4, 0.5) is 5.69 Å². The second-order valence-corrected chi connectivity index (χ2v) is 7.72. The number of nitrogens with zero attached hydrogens (tertiary/aromatic N) is 2. The van der Waals surface area contributed by atoms with E-state index < -0.39 is 0 Å². The SMILES string of the molecule is COc1cc2[nH]c3c(SCC(=O)Nc4cccc(C(C)=O)c4)ncnc3c2cc1OC. The highest BCUT2D eigenvalue weighted by atomic mass is 32.2. The number of hydrogen-bond acceptors (Lipinski definition) is 7. The van der Waals surface area contributed by atoms with E-state index in [0.29, 0.717) is 27.8 Å². The van der Waals surface area contributed by atoms with Gasteiger partial charge in [0.1, 0.15) is 16.9 Å². The van der Waals surface area contributed by atoms with E-state index in [1.54, 1.807) is 38.5 Å². The van der Waals surface area contributed by atoms with Crippen LogP contribution in [-0.4, -0.2) is 46.6 Å². The summed E-state index contributed by atoms with van der Waals surface area (Å²) < 4.78 is 10.8. The lowest BCUT2D eigenvalue weighted by Gasteiger charge is -2.07. The number of nitrogens with one attached hydrogen (secondary N) is 2. The molecule has 0 saturated heterocycles. The number of hydrogen-bond donors (Lipinski definition) is 2. The number of rotatable bonds is 7. The number of Topliss-reactive ketones (excluding diaryl/α,β-unsaturated/α-hetero) is 1. The van der Waals surface area contributed by atoms with Crippen LogP contribution < -0.4 is 14.8 Å². The van der Waals surface area contributed by atoms with Gasteiger partial charge in [0.05, 0.1) is 31.0 Å². The monoisotopic (exact) mass is 436 g/mol. The molecule has 0 aliphatic rings. The van der Waals surface area contributed by atoms with Crippen LogP contribution >= 0.6 is 11.8 Å². The minimum atomic E-state index is -0.197. The van der Waals surface area contributed by atoms with Gasteiger partial charge in [0.2, 0.25) is 5.91 Å². The molecule has 4 rings (SSSR count). The van der Waals surface area contributed by atoms with Gasteiger partial charge in [-0.2, -0.15) is 0 Å². The number of aromatic amines is 1. The number of fused-ring (bicyclic) bond motifs is 3. The highest BCUT2D eigenvalue weighted by Gasteiger charge is 2.16. The molecule has 2 aromatic carbocycles. The number of benzene rings is 2. The zero-order chi connectivity index (χ0) is 22.0. The molecule has 4 aromatic rings. The van der Waals surface area contributed by atoms with Crippen molar-refractivity contribution in [3.8, 4) is 11.5 Å². The third-order valence-corrected chi connectivity index (χ3v) is 5.73. The molecule has 1 amide bonds. The van der Waals surface area contributed by atoms with Crippen LogP contribution in [0.5, 0.6) is 11.5 Å². The summed E-state index contributed by atoms with van der Waals surface area (Å²) in [6, 6.07) is 10.6. The van der Waals surface area contributed by atoms with Crippen LogP contribution in [0.25, 0.3) is 21.9 Å². The Balaban J connectivity index is 1.56. The number of ketones is 1. The van der Waals surface area contributed by atoms with E-state index in [9.17, 15) is 9.59 Å². The lowest BCUT2D eigenvalue weighted by molar-refractivity contribution is -0.113. The Kier molecular flexibility index (Phi) is 5.77. The summed E-state index contributed by atoms with van der Waals surface area (Å²) in [5.74, 6) is 1.11. The van der Waals surface area contributed by atoms with Gasteiger partial charge in [0.15, 0.2) is 17.3 Å². The van der Waals surface area contributed by atoms with Gasteiger partial charge in [-0.05, 0) is 25.1 Å². The Hall–Kier alpha value is -3.59. The molecular weight excluding hydrogens is 416 g/mol. The van der Waals surface area contributed by atoms with Gasteiger partial charge in [-0.1, -0.05) is 23.9 Å². The third kappa shape index (κ3) is 4.17. The first kappa shape index (κ1) is 20.7. The molecule has 0 saturated carbocycles. The number of amides is 1. The largest absolute Gasteiger partial charge is 0.493 e. The quantitative estimate of drug-likeness (QED) is 0.256. The standard InChI is InChI=1S/C22H20N4O4S/c1-12(27)13-5-4-6-14(7-13)25-19(28)10-31-22-21-20(23-11-24-22)15-8-17(29-2)18(30-3)9-16(15)26-21/h4-9,11,26H,10H2,1-3H3,(H,25,28). The predicted octanol–water partition coefficient (Wildman–Crippen LogP) is 4.06. The molecular formula is C22H20N4O4S. The van der Waals surface area contributed by atoms with Crippen LogP contribution in [0.15, 0.2) is 47.8 Å². The predicted molar refractivity (Wildman–Crippen MR) is 120 cm³/mol. The Morgan fingerprint density at radius 2 is 1.87 bits per heavy atom. The van der Waals surface area contributed by atoms with Gasteiger partial charge in [0, 0.05) is 22.7 Å². The summed E-state index contributed by atoms with van der Waals surface area (Å²) in [5, 5.41) is 4.35. The fraction of sp³-hybridized carbons (Fsp3) is 0.182. The maximum Gasteiger partial charge on any atom is 0.234 e. The molecule has 0 unspecified atom stereocenters. The molecule has 158 valence electrons. The summed E-state index contributed by atoms with van der Waals surface area (Å²) in [6.07, 6.45) is 1.48. The van der Waals surface area contributed by atoms with E-state index in [-0.39, 0.29) is 17.4 Å². The van der Waals surface area contributed by atoms with Gasteiger partial charge >= 0.3 is 0 Å². The maximum absolute atomic E-state index is 12.4. The summed E-state index contributed by atoms with van der Waals surface area (Å²) >= 11 is 1.30. The molecule has 0 aliphatic carbocycles. The Morgan fingerprint density at radius 1 is 1.10 bits per heavy atom. The number of ether oxygens (including phenoxy) is 2. The average molecular weight is 436 g/mol. The molecule has 2 heterocycles. The first-order valence-corrected chi connectivity index (χ1v) is 10.4. The summed E-state index contributed by atoms with van der Waals surface area (Å²) in [4.78, 5) is 36.0. The minimum absolute atomic E-state index is 0.0547. The normalized spacial score (nSPS) is 10.9. The molecule has 0 radical (unpaired) electrons. The van der Waals surface area contributed by atoms with Gasteiger partial charge in [0.25, 0.3) is 0 Å². The molecule has 31 heavy (non-hydrogen) atoms. The summed E-state index contributed by atoms with van der Waals surface area (Å²) in [5.41, 5.74) is 3.44. The molecule has 9 heteroatoms. The van der Waals surface area contributed by atoms with E-state index >= 15 is 0 Å². The van der Waals surface area contributed by atoms with Crippen molar-refractivity contribution in [1.29, 1.82) is 0 Å². The lowest BCUT2D eigenvalue weighted by Crippen LogP contribution is -2.14. The van der Waals surface area contributed by atoms with Crippen LogP contribution in [0.3, 0.4) is 0 Å². The van der Waals surface area contributed by atoms with Crippen molar-refractivity contribution in [2.75, 3.05) is 25.3 Å². The van der Waals surface area contributed by atoms with Crippen molar-refractivity contribution in [3.63, 3.8) is 0 Å². The van der Waals surface area contributed by atoms with Crippen molar-refractivity contribution in [2.45, 2.75) is 11.9 Å². The number of aromatic nitrogens is 3. The molecule has 8 nitrogen and oxygen atoms in total. The van der Waals surface area contributed by atoms with Gasteiger partial charge < -0.3 is 19.8 Å². The molecule has 2 aromatic heterocycles. The third-order valence-electron chi connectivity index (χ3n) is 4.74. The van der Waals surface area contributed by atoms with Gasteiger partial charge in [-0.3, -0.25) is 9.59 Å². The number of anilines is 1. The molecule has 2 N–H and O–H groups in total. The van der Waals surface area contributed by atoms with Crippen LogP contribution in [-0.2, 0) is 4.79 Å². The second-order valence-electron chi connectivity index (χ2n) is 6.75. The second kappa shape index (κ2) is 8.65. The van der Waals surface area contributed by atoms with Crippen molar-refractivity contribution in [2.24, 2.45) is 0 Å². The van der Waals surface area contributed by atoms with Crippen molar-refractivity contribution >= 4 is 51.1 Å². The van der Waals surface area contributed by atoms with E-state index in [2.05, 4.69) is 20.3 Å². The zero-order valence-corrected chi connectivity index (χ0v) is 18.0. The van der Waals surface area contributed by atoms with Gasteiger partial charge in [-0.25, -0.2) is 9.97 Å². The van der Waals surface area contributed by atoms with E-state index in [1.165, 1.54) is 25.0 Å². The minimum Gasteiger partial charge on any atom is -0.493 e. The van der Waals surface area contributed by atoms with Gasteiger partial charge in [-0.15, -0.1) is 0 Å². The van der Waals surface area contributed by atoms with Crippen LogP contribution in [0.1, 0.15) is 17.3 Å². The Labute approximate surface area is 182 Å². The highest BCUT2D eigenvalue weighted by molar-refractivity contribution is 8.00. The van der Waals surface area contributed by atoms with E-state index in [1.807, 2.05) is 12.1 Å². The Bertz CT molecular complexity index is 1300. The summed E-state index contributed by atoms with van der Waals surface area (Å²) in [6.45, 7) is 1.49. The number of H-pyrrole nitrogens is 1. The lowest BCUT2D eigenvalue weighted by atomic mass is 10.1. The van der Waals surface area contributed by atoms with E-state index in [0.717, 1.165) is 21.9 Å². The van der Waals surface area contributed by atoms with Crippen molar-refractivity contribution < 1.29 is 19.1 Å². The Morgan fingerprint density at radius 3 is 2.61 bits per heavy atom. The molecule has 0 bridgehead atoms. The summed E-state index contributed by atoms with van der Waals surface area (Å²) in [7, 11) is 3.16. The van der Waals surface area contributed by atoms with Crippen molar-refractivity contribution in [3.05, 3.63) is 48.3 Å². The topological polar surface area (TPSA) is 106 Å². The number of methoxy groups -OCH3 is 2. The number of carbonyl (C=O) groups excluding carboxylic acids is 2. The first-order chi connectivity index (χ1) is 15.0. The van der Waals surface area contributed by atoms with Crippen molar-refractivity contribution in [1.82, 2.24) is 15.0 Å². The fourth-order valence-corrected chi connectivity index (χ4v) is 4.01. The fourth-order valence-electron chi connectivity index (χ4n) is 3.26. The molecule has 0 spiro atoms.